The molecule has 10 heteroatoms. The molecule has 0 unspecified atom stereocenters. The zero-order valence-electron chi connectivity index (χ0n) is 22.9. The van der Waals surface area contributed by atoms with Gasteiger partial charge in [-0.05, 0) is 85.2 Å². The average molecular weight is 543 g/mol. The van der Waals surface area contributed by atoms with Crippen LogP contribution >= 0.6 is 0 Å². The minimum absolute atomic E-state index is 0.202. The lowest BCUT2D eigenvalue weighted by molar-refractivity contribution is -0.122. The minimum Gasteiger partial charge on any atom is -0.508 e. The molecule has 3 aliphatic rings. The van der Waals surface area contributed by atoms with Gasteiger partial charge in [-0.3, -0.25) is 14.5 Å². The highest BCUT2D eigenvalue weighted by Gasteiger charge is 2.57. The lowest BCUT2D eigenvalue weighted by atomic mass is 9.58. The van der Waals surface area contributed by atoms with Gasteiger partial charge in [-0.2, -0.15) is 0 Å². The molecule has 208 valence electrons. The van der Waals surface area contributed by atoms with E-state index in [2.05, 4.69) is 13.0 Å². The van der Waals surface area contributed by atoms with Crippen molar-refractivity contribution in [3.05, 3.63) is 70.8 Å². The number of carbonyl (C=O) groups excluding carboxylic acids is 2. The van der Waals surface area contributed by atoms with Gasteiger partial charge in [0.05, 0.1) is 23.6 Å². The van der Waals surface area contributed by atoms with Crippen LogP contribution in [0.3, 0.4) is 0 Å². The van der Waals surface area contributed by atoms with Crippen LogP contribution in [0.15, 0.2) is 65.3 Å². The first kappa shape index (κ1) is 28.4. The van der Waals surface area contributed by atoms with Gasteiger partial charge in [-0.25, -0.2) is 0 Å². The van der Waals surface area contributed by atoms with Crippen molar-refractivity contribution in [2.75, 3.05) is 4.90 Å². The van der Waals surface area contributed by atoms with Crippen LogP contribution in [0.4, 0.5) is 5.69 Å². The Hall–Kier alpha value is -3.17. The van der Waals surface area contributed by atoms with E-state index < -0.39 is 26.1 Å². The van der Waals surface area contributed by atoms with Crippen LogP contribution in [-0.4, -0.2) is 52.3 Å². The predicted molar refractivity (Wildman–Crippen MR) is 154 cm³/mol. The first-order valence-electron chi connectivity index (χ1n) is 14.1. The molecule has 2 fully saturated rings. The Labute approximate surface area is 235 Å². The number of hydrogen-bond acceptors (Lipinski definition) is 7. The second kappa shape index (κ2) is 11.7. The molecule has 0 saturated carbocycles. The van der Waals surface area contributed by atoms with Gasteiger partial charge in [0.2, 0.25) is 11.8 Å². The van der Waals surface area contributed by atoms with Crippen molar-refractivity contribution in [1.82, 2.24) is 0 Å². The average Bonchev–Trinajstić information content (AvgIpc) is 3.19. The van der Waals surface area contributed by atoms with E-state index in [9.17, 15) is 29.8 Å². The Morgan fingerprint density at radius 1 is 1.10 bits per heavy atom. The SMILES string of the molecule is CCC1=C2[C@@H](CC/C(=C/c3cccc(O)c3)CC)OB(O)C[C@@H]2[C@@H]2C(=O)N(c3cccc(B(O)O)c3)C(=O)[C@@H]2C1. The van der Waals surface area contributed by atoms with Gasteiger partial charge >= 0.3 is 14.2 Å². The summed E-state index contributed by atoms with van der Waals surface area (Å²) in [5.41, 5.74) is 4.78. The van der Waals surface area contributed by atoms with Crippen molar-refractivity contribution >= 4 is 43.3 Å². The number of benzene rings is 2. The summed E-state index contributed by atoms with van der Waals surface area (Å²) in [6, 6.07) is 13.3. The summed E-state index contributed by atoms with van der Waals surface area (Å²) in [6.45, 7) is 4.13. The molecule has 0 radical (unpaired) electrons. The number of anilines is 1. The van der Waals surface area contributed by atoms with Gasteiger partial charge in [-0.15, -0.1) is 0 Å². The summed E-state index contributed by atoms with van der Waals surface area (Å²) in [4.78, 5) is 28.6. The van der Waals surface area contributed by atoms with Crippen molar-refractivity contribution in [1.29, 1.82) is 0 Å². The molecule has 5 rings (SSSR count). The van der Waals surface area contributed by atoms with Crippen molar-refractivity contribution in [3.63, 3.8) is 0 Å². The van der Waals surface area contributed by atoms with Crippen molar-refractivity contribution in [2.45, 2.75) is 58.4 Å². The van der Waals surface area contributed by atoms with E-state index in [0.717, 1.165) is 36.0 Å². The molecule has 40 heavy (non-hydrogen) atoms. The molecule has 2 aliphatic heterocycles. The number of nitrogens with zero attached hydrogens (tertiary/aromatic N) is 1. The van der Waals surface area contributed by atoms with Gasteiger partial charge < -0.3 is 24.8 Å². The molecule has 2 aromatic carbocycles. The molecular formula is C30H35B2NO7. The molecule has 2 heterocycles. The Kier molecular flexibility index (Phi) is 8.33. The maximum absolute atomic E-state index is 13.8. The van der Waals surface area contributed by atoms with Gasteiger partial charge in [-0.1, -0.05) is 55.3 Å². The molecule has 2 saturated heterocycles. The molecule has 2 amide bonds. The highest BCUT2D eigenvalue weighted by atomic mass is 16.5. The monoisotopic (exact) mass is 543 g/mol. The van der Waals surface area contributed by atoms with Crippen LogP contribution < -0.4 is 10.4 Å². The summed E-state index contributed by atoms with van der Waals surface area (Å²) < 4.78 is 6.08. The Bertz CT molecular complexity index is 1360. The quantitative estimate of drug-likeness (QED) is 0.229. The van der Waals surface area contributed by atoms with E-state index in [1.54, 1.807) is 24.3 Å². The second-order valence-electron chi connectivity index (χ2n) is 10.9. The second-order valence-corrected chi connectivity index (χ2v) is 10.9. The fourth-order valence-electron chi connectivity index (χ4n) is 6.70. The topological polar surface area (TPSA) is 128 Å². The lowest BCUT2D eigenvalue weighted by Crippen LogP contribution is -2.46. The Morgan fingerprint density at radius 2 is 1.88 bits per heavy atom. The predicted octanol–water partition coefficient (Wildman–Crippen LogP) is 3.06. The normalized spacial score (nSPS) is 24.9. The first-order valence-corrected chi connectivity index (χ1v) is 14.1. The van der Waals surface area contributed by atoms with E-state index in [0.29, 0.717) is 18.5 Å². The smallest absolute Gasteiger partial charge is 0.488 e. The van der Waals surface area contributed by atoms with Gasteiger partial charge in [0.1, 0.15) is 5.75 Å². The summed E-state index contributed by atoms with van der Waals surface area (Å²) in [6.07, 6.45) is 5.31. The number of aromatic hydroxyl groups is 1. The van der Waals surface area contributed by atoms with E-state index >= 15 is 0 Å². The number of phenols is 1. The highest BCUT2D eigenvalue weighted by molar-refractivity contribution is 6.58. The van der Waals surface area contributed by atoms with Crippen LogP contribution in [0.5, 0.6) is 5.75 Å². The summed E-state index contributed by atoms with van der Waals surface area (Å²) in [5, 5.41) is 39.8. The van der Waals surface area contributed by atoms with Crippen molar-refractivity contribution in [3.8, 4) is 5.75 Å². The van der Waals surface area contributed by atoms with E-state index in [-0.39, 0.29) is 41.4 Å². The first-order chi connectivity index (χ1) is 19.2. The zero-order valence-corrected chi connectivity index (χ0v) is 22.9. The standard InChI is InChI=1S/C30H35B2NO7/c1-3-18(13-19-7-5-10-23(34)14-19)11-12-26-27-20(4-2)15-24-28(25(27)17-31(37)40-26)30(36)33(29(24)35)22-9-6-8-21(16-22)32(38)39/h5-10,13-14,16,24-26,28,34,37-39H,3-4,11-12,15,17H2,1-2H3/b18-13+/t24-,25+,26-,28-/m1/s1. The van der Waals surface area contributed by atoms with Gasteiger partial charge in [0.15, 0.2) is 0 Å². The number of fused-ring (bicyclic) bond motifs is 3. The van der Waals surface area contributed by atoms with E-state index in [1.165, 1.54) is 22.6 Å². The minimum atomic E-state index is -1.71. The van der Waals surface area contributed by atoms with Gasteiger partial charge in [0, 0.05) is 0 Å². The highest BCUT2D eigenvalue weighted by Crippen LogP contribution is 2.51. The van der Waals surface area contributed by atoms with Crippen LogP contribution in [0, 0.1) is 17.8 Å². The van der Waals surface area contributed by atoms with Crippen LogP contribution in [-0.2, 0) is 14.2 Å². The van der Waals surface area contributed by atoms with Crippen molar-refractivity contribution < 1.29 is 34.4 Å². The van der Waals surface area contributed by atoms with Crippen LogP contribution in [0.1, 0.15) is 51.5 Å². The molecule has 8 nitrogen and oxygen atoms in total. The number of phenolic OH excluding ortho intramolecular Hbond substituents is 1. The maximum atomic E-state index is 13.8. The maximum Gasteiger partial charge on any atom is 0.488 e. The summed E-state index contributed by atoms with van der Waals surface area (Å²) in [7, 11) is -2.75. The third-order valence-electron chi connectivity index (χ3n) is 8.58. The third kappa shape index (κ3) is 5.41. The number of amides is 2. The van der Waals surface area contributed by atoms with Crippen LogP contribution in [0.2, 0.25) is 6.32 Å². The fourth-order valence-corrected chi connectivity index (χ4v) is 6.70. The molecule has 4 atom stereocenters. The third-order valence-corrected chi connectivity index (χ3v) is 8.58. The summed E-state index contributed by atoms with van der Waals surface area (Å²) in [5.74, 6) is -1.83. The molecule has 0 aromatic heterocycles. The molecular weight excluding hydrogens is 508 g/mol. The van der Waals surface area contributed by atoms with E-state index in [1.807, 2.05) is 19.1 Å². The van der Waals surface area contributed by atoms with Crippen molar-refractivity contribution in [2.24, 2.45) is 17.8 Å². The Balaban J connectivity index is 1.42. The summed E-state index contributed by atoms with van der Waals surface area (Å²) >= 11 is 0. The largest absolute Gasteiger partial charge is 0.508 e. The number of hydrogen-bond donors (Lipinski definition) is 4. The Morgan fingerprint density at radius 3 is 2.58 bits per heavy atom. The number of imide groups is 1. The molecule has 0 spiro atoms. The fraction of sp³-hybridized carbons (Fsp3) is 0.400. The van der Waals surface area contributed by atoms with Crippen LogP contribution in [0.25, 0.3) is 6.08 Å². The number of allylic oxidation sites excluding steroid dienone is 2. The zero-order chi connectivity index (χ0) is 28.6. The molecule has 2 aromatic rings. The van der Waals surface area contributed by atoms with E-state index in [4.69, 9.17) is 4.65 Å². The molecule has 4 N–H and O–H groups in total. The lowest BCUT2D eigenvalue weighted by Gasteiger charge is -2.43. The number of carbonyl (C=O) groups is 2. The number of rotatable bonds is 8. The molecule has 0 bridgehead atoms. The van der Waals surface area contributed by atoms with Gasteiger partial charge in [0.25, 0.3) is 0 Å². The molecule has 1 aliphatic carbocycles.